The van der Waals surface area contributed by atoms with E-state index in [4.69, 9.17) is 10.00 Å². The molecule has 0 saturated heterocycles. The number of aryl methyl sites for hydroxylation is 1. The number of aromatic nitrogens is 1. The number of pyridine rings is 1. The molecule has 0 fully saturated rings. The summed E-state index contributed by atoms with van der Waals surface area (Å²) < 4.78 is 4.93. The summed E-state index contributed by atoms with van der Waals surface area (Å²) in [5, 5.41) is 8.64. The minimum absolute atomic E-state index is 0.372. The molecule has 0 bridgehead atoms. The highest BCUT2D eigenvalue weighted by molar-refractivity contribution is 5.55. The van der Waals surface area contributed by atoms with Gasteiger partial charge in [0.25, 0.3) is 0 Å². The zero-order valence-electron chi connectivity index (χ0n) is 8.51. The van der Waals surface area contributed by atoms with Gasteiger partial charge in [0.05, 0.1) is 0 Å². The van der Waals surface area contributed by atoms with Crippen molar-refractivity contribution in [3.05, 3.63) is 29.6 Å². The molecule has 0 amide bonds. The average molecular weight is 204 g/mol. The van der Waals surface area contributed by atoms with Crippen LogP contribution in [0.4, 0.5) is 0 Å². The quantitative estimate of drug-likeness (QED) is 0.674. The van der Waals surface area contributed by atoms with Gasteiger partial charge in [-0.2, -0.15) is 5.26 Å². The molecule has 0 saturated carbocycles. The van der Waals surface area contributed by atoms with Crippen LogP contribution in [0.5, 0.6) is 0 Å². The monoisotopic (exact) mass is 204 g/mol. The molecule has 4 heteroatoms. The standard InChI is InChI=1S/C11H12N2O2/c1-15-11(8-14)3-2-9-4-5-13-10(6-9)7-12/h4-6,8,11H,2-3H2,1H3. The number of rotatable bonds is 5. The van der Waals surface area contributed by atoms with Crippen LogP contribution in [0.15, 0.2) is 18.3 Å². The van der Waals surface area contributed by atoms with Crippen LogP contribution in [0.2, 0.25) is 0 Å². The lowest BCUT2D eigenvalue weighted by molar-refractivity contribution is -0.116. The van der Waals surface area contributed by atoms with Gasteiger partial charge in [-0.05, 0) is 30.5 Å². The minimum atomic E-state index is -0.372. The van der Waals surface area contributed by atoms with Gasteiger partial charge in [-0.3, -0.25) is 0 Å². The second-order valence-electron chi connectivity index (χ2n) is 3.11. The summed E-state index contributed by atoms with van der Waals surface area (Å²) in [6.45, 7) is 0. The molecule has 0 aromatic carbocycles. The van der Waals surface area contributed by atoms with Crippen molar-refractivity contribution in [3.63, 3.8) is 0 Å². The van der Waals surface area contributed by atoms with E-state index in [2.05, 4.69) is 4.98 Å². The van der Waals surface area contributed by atoms with Crippen LogP contribution in [0, 0.1) is 11.3 Å². The lowest BCUT2D eigenvalue weighted by Gasteiger charge is -2.07. The number of hydrogen-bond acceptors (Lipinski definition) is 4. The van der Waals surface area contributed by atoms with E-state index < -0.39 is 0 Å². The molecule has 0 aliphatic carbocycles. The SMILES string of the molecule is COC(C=O)CCc1ccnc(C#N)c1. The Bertz CT molecular complexity index is 371. The molecule has 0 spiro atoms. The van der Waals surface area contributed by atoms with Crippen LogP contribution >= 0.6 is 0 Å². The van der Waals surface area contributed by atoms with Crippen molar-refractivity contribution in [2.24, 2.45) is 0 Å². The molecule has 78 valence electrons. The van der Waals surface area contributed by atoms with E-state index in [9.17, 15) is 4.79 Å². The first-order valence-electron chi connectivity index (χ1n) is 4.63. The number of methoxy groups -OCH3 is 1. The first-order valence-corrected chi connectivity index (χ1v) is 4.63. The van der Waals surface area contributed by atoms with Gasteiger partial charge in [-0.15, -0.1) is 0 Å². The van der Waals surface area contributed by atoms with Crippen molar-refractivity contribution in [3.8, 4) is 6.07 Å². The zero-order chi connectivity index (χ0) is 11.1. The number of hydrogen-bond donors (Lipinski definition) is 0. The predicted octanol–water partition coefficient (Wildman–Crippen LogP) is 1.10. The largest absolute Gasteiger partial charge is 0.374 e. The summed E-state index contributed by atoms with van der Waals surface area (Å²) in [6.07, 6.45) is 3.33. The molecule has 1 aromatic rings. The van der Waals surface area contributed by atoms with Crippen LogP contribution in [-0.2, 0) is 16.0 Å². The smallest absolute Gasteiger partial charge is 0.148 e. The van der Waals surface area contributed by atoms with Crippen molar-refractivity contribution >= 4 is 6.29 Å². The van der Waals surface area contributed by atoms with Gasteiger partial charge in [-0.1, -0.05) is 0 Å². The molecule has 0 radical (unpaired) electrons. The van der Waals surface area contributed by atoms with E-state index in [1.165, 1.54) is 7.11 Å². The number of ether oxygens (including phenoxy) is 1. The third kappa shape index (κ3) is 3.49. The second kappa shape index (κ2) is 5.89. The van der Waals surface area contributed by atoms with E-state index in [0.717, 1.165) is 11.8 Å². The number of carbonyl (C=O) groups is 1. The number of nitriles is 1. The maximum Gasteiger partial charge on any atom is 0.148 e. The van der Waals surface area contributed by atoms with E-state index in [1.54, 1.807) is 12.3 Å². The highest BCUT2D eigenvalue weighted by atomic mass is 16.5. The summed E-state index contributed by atoms with van der Waals surface area (Å²) in [4.78, 5) is 14.4. The maximum absolute atomic E-state index is 10.5. The Kier molecular flexibility index (Phi) is 4.45. The lowest BCUT2D eigenvalue weighted by atomic mass is 10.1. The van der Waals surface area contributed by atoms with Gasteiger partial charge in [-0.25, -0.2) is 4.98 Å². The fraction of sp³-hybridized carbons (Fsp3) is 0.364. The molecular formula is C11H12N2O2. The normalized spacial score (nSPS) is 11.7. The maximum atomic E-state index is 10.5. The number of aldehydes is 1. The Morgan fingerprint density at radius 1 is 1.73 bits per heavy atom. The van der Waals surface area contributed by atoms with E-state index in [-0.39, 0.29) is 6.10 Å². The molecule has 0 aliphatic rings. The molecule has 0 aliphatic heterocycles. The highest BCUT2D eigenvalue weighted by Gasteiger charge is 2.05. The Morgan fingerprint density at radius 3 is 3.13 bits per heavy atom. The van der Waals surface area contributed by atoms with Crippen molar-refractivity contribution < 1.29 is 9.53 Å². The van der Waals surface area contributed by atoms with Gasteiger partial charge in [0.2, 0.25) is 0 Å². The summed E-state index contributed by atoms with van der Waals surface area (Å²) in [7, 11) is 1.51. The molecule has 1 atom stereocenters. The topological polar surface area (TPSA) is 63.0 Å². The zero-order valence-corrected chi connectivity index (χ0v) is 8.51. The Morgan fingerprint density at radius 2 is 2.53 bits per heavy atom. The minimum Gasteiger partial charge on any atom is -0.374 e. The third-order valence-electron chi connectivity index (χ3n) is 2.11. The van der Waals surface area contributed by atoms with Crippen LogP contribution in [0.1, 0.15) is 17.7 Å². The summed E-state index contributed by atoms with van der Waals surface area (Å²) >= 11 is 0. The first-order chi connectivity index (χ1) is 7.30. The molecule has 1 heterocycles. The first kappa shape index (κ1) is 11.3. The van der Waals surface area contributed by atoms with Crippen LogP contribution < -0.4 is 0 Å². The Hall–Kier alpha value is -1.73. The third-order valence-corrected chi connectivity index (χ3v) is 2.11. The fourth-order valence-electron chi connectivity index (χ4n) is 1.24. The van der Waals surface area contributed by atoms with Gasteiger partial charge in [0, 0.05) is 13.3 Å². The van der Waals surface area contributed by atoms with E-state index >= 15 is 0 Å². The summed E-state index contributed by atoms with van der Waals surface area (Å²) in [5.74, 6) is 0. The van der Waals surface area contributed by atoms with Crippen molar-refractivity contribution in [2.45, 2.75) is 18.9 Å². The van der Waals surface area contributed by atoms with Crippen molar-refractivity contribution in [1.82, 2.24) is 4.98 Å². The summed E-state index contributed by atoms with van der Waals surface area (Å²) in [5.41, 5.74) is 1.39. The number of carbonyl (C=O) groups excluding carboxylic acids is 1. The van der Waals surface area contributed by atoms with Gasteiger partial charge >= 0.3 is 0 Å². The molecule has 4 nitrogen and oxygen atoms in total. The second-order valence-corrected chi connectivity index (χ2v) is 3.11. The molecule has 1 rings (SSSR count). The highest BCUT2D eigenvalue weighted by Crippen LogP contribution is 2.06. The lowest BCUT2D eigenvalue weighted by Crippen LogP contribution is -2.12. The Labute approximate surface area is 88.5 Å². The van der Waals surface area contributed by atoms with Gasteiger partial charge in [0.1, 0.15) is 24.2 Å². The van der Waals surface area contributed by atoms with Crippen LogP contribution in [0.3, 0.4) is 0 Å². The van der Waals surface area contributed by atoms with E-state index in [0.29, 0.717) is 18.5 Å². The molecule has 15 heavy (non-hydrogen) atoms. The predicted molar refractivity (Wildman–Crippen MR) is 54.1 cm³/mol. The molecule has 0 N–H and O–H groups in total. The summed E-state index contributed by atoms with van der Waals surface area (Å²) in [6, 6.07) is 5.52. The fourth-order valence-corrected chi connectivity index (χ4v) is 1.24. The van der Waals surface area contributed by atoms with E-state index in [1.807, 2.05) is 12.1 Å². The van der Waals surface area contributed by atoms with Crippen LogP contribution in [0.25, 0.3) is 0 Å². The van der Waals surface area contributed by atoms with Crippen molar-refractivity contribution in [1.29, 1.82) is 5.26 Å². The van der Waals surface area contributed by atoms with Crippen LogP contribution in [-0.4, -0.2) is 24.5 Å². The average Bonchev–Trinajstić information content (AvgIpc) is 2.31. The van der Waals surface area contributed by atoms with Gasteiger partial charge in [0.15, 0.2) is 0 Å². The Balaban J connectivity index is 2.57. The molecule has 1 aromatic heterocycles. The van der Waals surface area contributed by atoms with Crippen molar-refractivity contribution in [2.75, 3.05) is 7.11 Å². The molecule has 1 unspecified atom stereocenters. The molecular weight excluding hydrogens is 192 g/mol. The van der Waals surface area contributed by atoms with Gasteiger partial charge < -0.3 is 9.53 Å². The number of nitrogens with zero attached hydrogens (tertiary/aromatic N) is 2.